The van der Waals surface area contributed by atoms with Crippen LogP contribution in [-0.4, -0.2) is 18.1 Å². The summed E-state index contributed by atoms with van der Waals surface area (Å²) in [5.74, 6) is 0. The number of alkyl halides is 1. The molecule has 72 valence electrons. The maximum absolute atomic E-state index is 5.83. The Kier molecular flexibility index (Phi) is 5.01. The monoisotopic (exact) mass is 190 g/mol. The molecule has 1 fully saturated rings. The summed E-state index contributed by atoms with van der Waals surface area (Å²) in [6, 6.07) is 0. The zero-order valence-corrected chi connectivity index (χ0v) is 8.65. The van der Waals surface area contributed by atoms with Crippen LogP contribution >= 0.6 is 11.6 Å². The molecular formula is C10H19ClO. The van der Waals surface area contributed by atoms with Crippen LogP contribution in [0, 0.1) is 0 Å². The highest BCUT2D eigenvalue weighted by Gasteiger charge is 2.27. The highest BCUT2D eigenvalue weighted by atomic mass is 35.5. The number of hydrogen-bond donors (Lipinski definition) is 0. The molecular weight excluding hydrogens is 172 g/mol. The van der Waals surface area contributed by atoms with E-state index in [9.17, 15) is 0 Å². The van der Waals surface area contributed by atoms with Crippen LogP contribution in [0.15, 0.2) is 0 Å². The van der Waals surface area contributed by atoms with Gasteiger partial charge in [0.1, 0.15) is 0 Å². The maximum Gasteiger partial charge on any atom is 0.0603 e. The van der Waals surface area contributed by atoms with Gasteiger partial charge in [-0.3, -0.25) is 0 Å². The third-order valence-electron chi connectivity index (χ3n) is 2.39. The second-order valence-electron chi connectivity index (χ2n) is 3.62. The molecule has 0 amide bonds. The zero-order chi connectivity index (χ0) is 8.81. The largest absolute Gasteiger partial charge is 0.378 e. The van der Waals surface area contributed by atoms with Gasteiger partial charge in [0, 0.05) is 12.0 Å². The number of hydrogen-bond acceptors (Lipinski definition) is 1. The Morgan fingerprint density at radius 3 is 2.58 bits per heavy atom. The number of rotatable bonds is 6. The van der Waals surface area contributed by atoms with Gasteiger partial charge in [0.25, 0.3) is 0 Å². The number of halogens is 1. The normalized spacial score (nSPS) is 28.5. The highest BCUT2D eigenvalue weighted by molar-refractivity contribution is 6.21. The Morgan fingerprint density at radius 1 is 1.25 bits per heavy atom. The topological polar surface area (TPSA) is 9.23 Å². The van der Waals surface area contributed by atoms with Crippen LogP contribution in [0.3, 0.4) is 0 Å². The lowest BCUT2D eigenvalue weighted by Gasteiger charge is -2.30. The number of unbranched alkanes of at least 4 members (excludes halogenated alkanes) is 3. The molecule has 12 heavy (non-hydrogen) atoms. The van der Waals surface area contributed by atoms with Crippen LogP contribution in [-0.2, 0) is 4.74 Å². The molecule has 0 unspecified atom stereocenters. The lowest BCUT2D eigenvalue weighted by molar-refractivity contribution is 0.00313. The predicted molar refractivity (Wildman–Crippen MR) is 52.8 cm³/mol. The van der Waals surface area contributed by atoms with Crippen molar-refractivity contribution >= 4 is 11.6 Å². The van der Waals surface area contributed by atoms with Gasteiger partial charge in [-0.2, -0.15) is 0 Å². The van der Waals surface area contributed by atoms with E-state index in [2.05, 4.69) is 6.92 Å². The van der Waals surface area contributed by atoms with Crippen LogP contribution in [0.1, 0.15) is 45.4 Å². The molecule has 0 atom stereocenters. The van der Waals surface area contributed by atoms with Crippen molar-refractivity contribution in [2.45, 2.75) is 56.9 Å². The summed E-state index contributed by atoms with van der Waals surface area (Å²) in [7, 11) is 0. The summed E-state index contributed by atoms with van der Waals surface area (Å²) in [4.78, 5) is 0. The molecule has 0 aromatic rings. The molecule has 0 saturated heterocycles. The average Bonchev–Trinajstić information content (AvgIpc) is 2.00. The van der Waals surface area contributed by atoms with Gasteiger partial charge in [-0.05, 0) is 19.3 Å². The Balaban J connectivity index is 1.77. The van der Waals surface area contributed by atoms with Crippen LogP contribution in [0.25, 0.3) is 0 Å². The molecule has 1 rings (SSSR count). The fourth-order valence-electron chi connectivity index (χ4n) is 1.42. The molecule has 0 heterocycles. The molecule has 0 aliphatic heterocycles. The predicted octanol–water partition coefficient (Wildman–Crippen LogP) is 3.35. The van der Waals surface area contributed by atoms with Crippen LogP contribution in [0.4, 0.5) is 0 Å². The average molecular weight is 191 g/mol. The molecule has 0 aromatic heterocycles. The summed E-state index contributed by atoms with van der Waals surface area (Å²) in [5, 5.41) is 0.394. The summed E-state index contributed by atoms with van der Waals surface area (Å²) in [6.45, 7) is 3.17. The van der Waals surface area contributed by atoms with Crippen molar-refractivity contribution in [3.05, 3.63) is 0 Å². The van der Waals surface area contributed by atoms with E-state index in [1.54, 1.807) is 0 Å². The molecule has 1 aliphatic carbocycles. The van der Waals surface area contributed by atoms with Crippen molar-refractivity contribution in [1.82, 2.24) is 0 Å². The van der Waals surface area contributed by atoms with Crippen LogP contribution < -0.4 is 0 Å². The fraction of sp³-hybridized carbons (Fsp3) is 1.00. The van der Waals surface area contributed by atoms with Gasteiger partial charge in [-0.15, -0.1) is 11.6 Å². The van der Waals surface area contributed by atoms with Crippen molar-refractivity contribution in [2.24, 2.45) is 0 Å². The summed E-state index contributed by atoms with van der Waals surface area (Å²) < 4.78 is 5.61. The van der Waals surface area contributed by atoms with Crippen molar-refractivity contribution in [3.63, 3.8) is 0 Å². The van der Waals surface area contributed by atoms with Crippen molar-refractivity contribution < 1.29 is 4.74 Å². The molecule has 1 aliphatic rings. The molecule has 0 bridgehead atoms. The standard InChI is InChI=1S/C10H19ClO/c1-2-3-4-5-6-12-10-7-9(11)8-10/h9-10H,2-8H2,1H3. The Morgan fingerprint density at radius 2 is 2.00 bits per heavy atom. The lowest BCUT2D eigenvalue weighted by atomic mass is 9.95. The lowest BCUT2D eigenvalue weighted by Crippen LogP contribution is -2.32. The Bertz CT molecular complexity index is 110. The summed E-state index contributed by atoms with van der Waals surface area (Å²) >= 11 is 5.83. The van der Waals surface area contributed by atoms with Gasteiger partial charge in [0.2, 0.25) is 0 Å². The van der Waals surface area contributed by atoms with Gasteiger partial charge < -0.3 is 4.74 Å². The molecule has 0 spiro atoms. The Hall–Kier alpha value is 0.250. The van der Waals surface area contributed by atoms with E-state index in [-0.39, 0.29) is 0 Å². The molecule has 0 radical (unpaired) electrons. The smallest absolute Gasteiger partial charge is 0.0603 e. The molecule has 1 nitrogen and oxygen atoms in total. The van der Waals surface area contributed by atoms with E-state index >= 15 is 0 Å². The van der Waals surface area contributed by atoms with Gasteiger partial charge in [0.05, 0.1) is 6.10 Å². The second-order valence-corrected chi connectivity index (χ2v) is 4.24. The quantitative estimate of drug-likeness (QED) is 0.461. The SMILES string of the molecule is CCCCCCOC1CC(Cl)C1. The minimum absolute atomic E-state index is 0.394. The van der Waals surface area contributed by atoms with Crippen molar-refractivity contribution in [1.29, 1.82) is 0 Å². The first-order valence-electron chi connectivity index (χ1n) is 5.08. The minimum Gasteiger partial charge on any atom is -0.378 e. The van der Waals surface area contributed by atoms with E-state index in [4.69, 9.17) is 16.3 Å². The van der Waals surface area contributed by atoms with E-state index in [1.807, 2.05) is 0 Å². The third kappa shape index (κ3) is 3.77. The molecule has 0 N–H and O–H groups in total. The van der Waals surface area contributed by atoms with Crippen LogP contribution in [0.2, 0.25) is 0 Å². The highest BCUT2D eigenvalue weighted by Crippen LogP contribution is 2.28. The van der Waals surface area contributed by atoms with Crippen molar-refractivity contribution in [3.8, 4) is 0 Å². The first kappa shape index (κ1) is 10.3. The molecule has 2 heteroatoms. The first-order chi connectivity index (χ1) is 5.83. The van der Waals surface area contributed by atoms with Crippen LogP contribution in [0.5, 0.6) is 0 Å². The summed E-state index contributed by atoms with van der Waals surface area (Å²) in [5.41, 5.74) is 0. The van der Waals surface area contributed by atoms with Gasteiger partial charge in [-0.25, -0.2) is 0 Å². The molecule has 1 saturated carbocycles. The number of ether oxygens (including phenoxy) is 1. The third-order valence-corrected chi connectivity index (χ3v) is 2.75. The summed E-state index contributed by atoms with van der Waals surface area (Å²) in [6.07, 6.45) is 7.78. The second kappa shape index (κ2) is 5.82. The van der Waals surface area contributed by atoms with E-state index < -0.39 is 0 Å². The minimum atomic E-state index is 0.394. The van der Waals surface area contributed by atoms with Crippen molar-refractivity contribution in [2.75, 3.05) is 6.61 Å². The van der Waals surface area contributed by atoms with Gasteiger partial charge in [-0.1, -0.05) is 26.2 Å². The Labute approximate surface area is 80.4 Å². The maximum atomic E-state index is 5.83. The van der Waals surface area contributed by atoms with E-state index in [1.165, 1.54) is 25.7 Å². The fourth-order valence-corrected chi connectivity index (χ4v) is 1.81. The zero-order valence-electron chi connectivity index (χ0n) is 7.89. The van der Waals surface area contributed by atoms with Gasteiger partial charge in [0.15, 0.2) is 0 Å². The first-order valence-corrected chi connectivity index (χ1v) is 5.52. The van der Waals surface area contributed by atoms with Gasteiger partial charge >= 0.3 is 0 Å². The van der Waals surface area contributed by atoms with E-state index in [0.717, 1.165) is 19.4 Å². The molecule has 0 aromatic carbocycles. The van der Waals surface area contributed by atoms with E-state index in [0.29, 0.717) is 11.5 Å².